The average molecular weight is 404 g/mol. The number of carbonyl (C=O) groups is 1. The summed E-state index contributed by atoms with van der Waals surface area (Å²) in [6, 6.07) is 7.83. The van der Waals surface area contributed by atoms with Crippen molar-refractivity contribution in [3.05, 3.63) is 34.3 Å². The summed E-state index contributed by atoms with van der Waals surface area (Å²) in [4.78, 5) is 12.4. The van der Waals surface area contributed by atoms with Crippen LogP contribution < -0.4 is 4.72 Å². The highest BCUT2D eigenvalue weighted by atomic mass is 79.9. The van der Waals surface area contributed by atoms with Crippen LogP contribution in [-0.4, -0.2) is 33.8 Å². The fourth-order valence-electron chi connectivity index (χ4n) is 3.33. The Bertz CT molecular complexity index is 666. The zero-order valence-electron chi connectivity index (χ0n) is 13.3. The molecular weight excluding hydrogens is 382 g/mol. The molecule has 0 unspecified atom stereocenters. The third-order valence-corrected chi connectivity index (χ3v) is 7.07. The molecule has 5 nitrogen and oxygen atoms in total. The number of hydrogen-bond acceptors (Lipinski definition) is 4. The molecule has 0 heterocycles. The van der Waals surface area contributed by atoms with Crippen molar-refractivity contribution in [1.82, 2.24) is 4.72 Å². The van der Waals surface area contributed by atoms with E-state index in [2.05, 4.69) is 20.7 Å². The molecule has 1 aliphatic rings. The molecule has 0 radical (unpaired) electrons. The van der Waals surface area contributed by atoms with E-state index in [0.29, 0.717) is 32.1 Å². The number of sulfonamides is 1. The molecule has 0 amide bonds. The number of rotatable bonds is 5. The van der Waals surface area contributed by atoms with Crippen molar-refractivity contribution in [2.24, 2.45) is 5.41 Å². The van der Waals surface area contributed by atoms with Crippen LogP contribution in [0.1, 0.15) is 31.2 Å². The predicted molar refractivity (Wildman–Crippen MR) is 92.5 cm³/mol. The van der Waals surface area contributed by atoms with Crippen molar-refractivity contribution in [2.75, 3.05) is 14.2 Å². The Labute approximate surface area is 146 Å². The second-order valence-corrected chi connectivity index (χ2v) is 9.11. The molecular formula is C16H22BrNO4S. The van der Waals surface area contributed by atoms with Gasteiger partial charge < -0.3 is 4.74 Å². The number of nitrogens with one attached hydrogen (secondary N) is 1. The van der Waals surface area contributed by atoms with E-state index in [1.54, 1.807) is 0 Å². The van der Waals surface area contributed by atoms with Crippen molar-refractivity contribution in [3.63, 3.8) is 0 Å². The summed E-state index contributed by atoms with van der Waals surface area (Å²) in [5, 5.41) is -0.437. The number of ether oxygens (including phenoxy) is 1. The average Bonchev–Trinajstić information content (AvgIpc) is 2.54. The Morgan fingerprint density at radius 2 is 2.04 bits per heavy atom. The first-order valence-electron chi connectivity index (χ1n) is 7.58. The Kier molecular flexibility index (Phi) is 5.86. The van der Waals surface area contributed by atoms with Crippen molar-refractivity contribution in [1.29, 1.82) is 0 Å². The first-order chi connectivity index (χ1) is 10.8. The Balaban J connectivity index is 2.21. The zero-order chi connectivity index (χ0) is 17.1. The van der Waals surface area contributed by atoms with E-state index in [-0.39, 0.29) is 5.97 Å². The molecule has 0 saturated heterocycles. The van der Waals surface area contributed by atoms with Gasteiger partial charge >= 0.3 is 5.97 Å². The van der Waals surface area contributed by atoms with Crippen LogP contribution in [0.25, 0.3) is 0 Å². The van der Waals surface area contributed by atoms with Crippen LogP contribution in [-0.2, 0) is 26.0 Å². The highest BCUT2D eigenvalue weighted by molar-refractivity contribution is 9.10. The maximum absolute atomic E-state index is 12.4. The Morgan fingerprint density at radius 1 is 1.39 bits per heavy atom. The monoisotopic (exact) mass is 403 g/mol. The van der Waals surface area contributed by atoms with Gasteiger partial charge in [0.15, 0.2) is 0 Å². The molecule has 0 bridgehead atoms. The molecule has 0 aromatic heterocycles. The molecule has 0 atom stereocenters. The molecule has 23 heavy (non-hydrogen) atoms. The number of methoxy groups -OCH3 is 1. The highest BCUT2D eigenvalue weighted by Crippen LogP contribution is 2.42. The summed E-state index contributed by atoms with van der Waals surface area (Å²) in [6.45, 7) is 0. The van der Waals surface area contributed by atoms with E-state index in [0.717, 1.165) is 10.0 Å². The minimum absolute atomic E-state index is 0.252. The van der Waals surface area contributed by atoms with Crippen LogP contribution in [0.5, 0.6) is 0 Å². The number of hydrogen-bond donors (Lipinski definition) is 1. The van der Waals surface area contributed by atoms with Crippen molar-refractivity contribution < 1.29 is 17.9 Å². The summed E-state index contributed by atoms with van der Waals surface area (Å²) in [6.07, 6.45) is 2.51. The highest BCUT2D eigenvalue weighted by Gasteiger charge is 2.45. The Hall–Kier alpha value is -0.920. The second kappa shape index (κ2) is 7.32. The number of benzene rings is 1. The summed E-state index contributed by atoms with van der Waals surface area (Å²) < 4.78 is 32.3. The second-order valence-electron chi connectivity index (χ2n) is 6.03. The summed E-state index contributed by atoms with van der Waals surface area (Å²) in [7, 11) is -0.473. The molecule has 1 aliphatic carbocycles. The third-order valence-electron chi connectivity index (χ3n) is 4.66. The van der Waals surface area contributed by atoms with Gasteiger partial charge in [-0.05, 0) is 56.8 Å². The maximum Gasteiger partial charge on any atom is 0.312 e. The van der Waals surface area contributed by atoms with Gasteiger partial charge in [0.2, 0.25) is 10.0 Å². The van der Waals surface area contributed by atoms with Gasteiger partial charge in [-0.3, -0.25) is 4.79 Å². The molecule has 1 aromatic carbocycles. The molecule has 1 aromatic rings. The van der Waals surface area contributed by atoms with E-state index in [1.807, 2.05) is 24.3 Å². The number of carbonyl (C=O) groups excluding carboxylic acids is 1. The van der Waals surface area contributed by atoms with Crippen molar-refractivity contribution in [2.45, 2.75) is 37.4 Å². The predicted octanol–water partition coefficient (Wildman–Crippen LogP) is 2.64. The van der Waals surface area contributed by atoms with Crippen LogP contribution in [0, 0.1) is 5.41 Å². The van der Waals surface area contributed by atoms with Gasteiger partial charge in [-0.1, -0.05) is 28.1 Å². The first-order valence-corrected chi connectivity index (χ1v) is 9.92. The fraction of sp³-hybridized carbons (Fsp3) is 0.562. The molecule has 0 aliphatic heterocycles. The Morgan fingerprint density at radius 3 is 2.57 bits per heavy atom. The fourth-order valence-corrected chi connectivity index (χ4v) is 4.96. The molecule has 1 saturated carbocycles. The lowest BCUT2D eigenvalue weighted by molar-refractivity contribution is -0.154. The van der Waals surface area contributed by atoms with Gasteiger partial charge in [0, 0.05) is 4.47 Å². The van der Waals surface area contributed by atoms with Crippen LogP contribution >= 0.6 is 15.9 Å². The van der Waals surface area contributed by atoms with E-state index < -0.39 is 20.7 Å². The van der Waals surface area contributed by atoms with Gasteiger partial charge in [0.1, 0.15) is 0 Å². The van der Waals surface area contributed by atoms with Crippen molar-refractivity contribution in [3.8, 4) is 0 Å². The lowest BCUT2D eigenvalue weighted by atomic mass is 9.70. The summed E-state index contributed by atoms with van der Waals surface area (Å²) in [5.74, 6) is -0.252. The molecule has 1 N–H and O–H groups in total. The molecule has 1 fully saturated rings. The SMILES string of the molecule is CNS(=O)(=O)C1CCC(Cc2cccc(Br)c2)(C(=O)OC)CC1. The van der Waals surface area contributed by atoms with Crippen LogP contribution in [0.15, 0.2) is 28.7 Å². The largest absolute Gasteiger partial charge is 0.469 e. The molecule has 128 valence electrons. The van der Waals surface area contributed by atoms with Crippen LogP contribution in [0.3, 0.4) is 0 Å². The van der Waals surface area contributed by atoms with E-state index >= 15 is 0 Å². The van der Waals surface area contributed by atoms with Crippen LogP contribution in [0.2, 0.25) is 0 Å². The lowest BCUT2D eigenvalue weighted by Gasteiger charge is -2.37. The number of esters is 1. The normalized spacial score (nSPS) is 25.1. The van der Waals surface area contributed by atoms with Gasteiger partial charge in [0.05, 0.1) is 17.8 Å². The van der Waals surface area contributed by atoms with Gasteiger partial charge in [0.25, 0.3) is 0 Å². The van der Waals surface area contributed by atoms with E-state index in [4.69, 9.17) is 4.74 Å². The van der Waals surface area contributed by atoms with E-state index in [9.17, 15) is 13.2 Å². The zero-order valence-corrected chi connectivity index (χ0v) is 15.7. The molecule has 0 spiro atoms. The van der Waals surface area contributed by atoms with Crippen molar-refractivity contribution >= 4 is 31.9 Å². The third kappa shape index (κ3) is 4.14. The topological polar surface area (TPSA) is 72.5 Å². The minimum atomic E-state index is -3.29. The standard InChI is InChI=1S/C16H22BrNO4S/c1-18-23(20,21)14-6-8-16(9-7-14,15(19)22-2)11-12-4-3-5-13(17)10-12/h3-5,10,14,18H,6-9,11H2,1-2H3. The van der Waals surface area contributed by atoms with Gasteiger partial charge in [-0.2, -0.15) is 0 Å². The smallest absolute Gasteiger partial charge is 0.312 e. The summed E-state index contributed by atoms with van der Waals surface area (Å²) >= 11 is 3.44. The lowest BCUT2D eigenvalue weighted by Crippen LogP contribution is -2.43. The summed E-state index contributed by atoms with van der Waals surface area (Å²) in [5.41, 5.74) is 0.398. The van der Waals surface area contributed by atoms with Gasteiger partial charge in [-0.25, -0.2) is 13.1 Å². The quantitative estimate of drug-likeness (QED) is 0.766. The van der Waals surface area contributed by atoms with E-state index in [1.165, 1.54) is 14.2 Å². The first kappa shape index (κ1) is 18.4. The molecule has 2 rings (SSSR count). The minimum Gasteiger partial charge on any atom is -0.469 e. The van der Waals surface area contributed by atoms with Gasteiger partial charge in [-0.15, -0.1) is 0 Å². The molecule has 7 heteroatoms. The maximum atomic E-state index is 12.4. The van der Waals surface area contributed by atoms with Crippen LogP contribution in [0.4, 0.5) is 0 Å². The number of halogens is 1.